The second-order valence-electron chi connectivity index (χ2n) is 6.44. The number of H-pyrrole nitrogens is 1. The number of fused-ring (bicyclic) bond motifs is 10. The first kappa shape index (κ1) is 13.5. The van der Waals surface area contributed by atoms with Gasteiger partial charge in [-0.25, -0.2) is 0 Å². The summed E-state index contributed by atoms with van der Waals surface area (Å²) in [5, 5.41) is 14.9. The summed E-state index contributed by atoms with van der Waals surface area (Å²) < 4.78 is 6.03. The van der Waals surface area contributed by atoms with Crippen LogP contribution < -0.4 is 5.32 Å². The highest BCUT2D eigenvalue weighted by molar-refractivity contribution is 6.38. The maximum Gasteiger partial charge on any atom is 0.259 e. The fourth-order valence-electron chi connectivity index (χ4n) is 4.01. The molecule has 124 valence electrons. The van der Waals surface area contributed by atoms with E-state index in [1.165, 1.54) is 6.07 Å². The number of furan rings is 1. The molecule has 0 aliphatic carbocycles. The average Bonchev–Trinajstić information content (AvgIpc) is 3.26. The first-order chi connectivity index (χ1) is 12.6. The van der Waals surface area contributed by atoms with Gasteiger partial charge in [0.2, 0.25) is 0 Å². The molecule has 0 saturated carbocycles. The van der Waals surface area contributed by atoms with Gasteiger partial charge in [0.25, 0.3) is 11.8 Å². The molecule has 6 heteroatoms. The minimum atomic E-state index is -0.451. The molecule has 1 aliphatic heterocycles. The molecule has 0 spiro atoms. The maximum atomic E-state index is 12.6. The Morgan fingerprint density at radius 3 is 2.50 bits per heavy atom. The van der Waals surface area contributed by atoms with Crippen LogP contribution in [0.5, 0.6) is 5.75 Å². The van der Waals surface area contributed by atoms with Gasteiger partial charge in [-0.05, 0) is 24.3 Å². The quantitative estimate of drug-likeness (QED) is 0.373. The summed E-state index contributed by atoms with van der Waals surface area (Å²) in [4.78, 5) is 28.5. The molecule has 0 fully saturated rings. The van der Waals surface area contributed by atoms with E-state index in [0.29, 0.717) is 44.0 Å². The summed E-state index contributed by atoms with van der Waals surface area (Å²) in [5.41, 5.74) is 3.21. The third-order valence-corrected chi connectivity index (χ3v) is 5.04. The molecular weight excluding hydrogens is 332 g/mol. The van der Waals surface area contributed by atoms with E-state index in [1.807, 2.05) is 24.3 Å². The summed E-state index contributed by atoms with van der Waals surface area (Å²) >= 11 is 0. The number of phenolic OH excluding ortho intramolecular Hbond substituents is 1. The number of nitrogens with one attached hydrogen (secondary N) is 2. The molecule has 0 atom stereocenters. The van der Waals surface area contributed by atoms with Crippen LogP contribution in [0.1, 0.15) is 20.7 Å². The van der Waals surface area contributed by atoms with E-state index in [1.54, 1.807) is 12.1 Å². The lowest BCUT2D eigenvalue weighted by Gasteiger charge is -2.01. The fraction of sp³-hybridized carbons (Fsp3) is 0. The van der Waals surface area contributed by atoms with Crippen molar-refractivity contribution in [3.05, 3.63) is 53.6 Å². The number of rotatable bonds is 0. The number of benzene rings is 3. The van der Waals surface area contributed by atoms with Crippen LogP contribution in [0.2, 0.25) is 0 Å². The molecule has 0 unspecified atom stereocenters. The Balaban J connectivity index is 2.01. The number of amides is 2. The van der Waals surface area contributed by atoms with E-state index >= 15 is 0 Å². The van der Waals surface area contributed by atoms with Gasteiger partial charge in [-0.2, -0.15) is 0 Å². The summed E-state index contributed by atoms with van der Waals surface area (Å²) in [6.07, 6.45) is 0. The highest BCUT2D eigenvalue weighted by atomic mass is 16.3. The standard InChI is InChI=1S/C20H10N2O4/c23-8-5-6-12-10(7-8)14-16-15(19(24)22-20(16)25)13-9-3-1-2-4-11(9)21-17(13)18(14)26-12/h1-7,21,23H,(H,22,24,25). The molecule has 3 heterocycles. The predicted molar refractivity (Wildman–Crippen MR) is 96.5 cm³/mol. The molecule has 3 aromatic carbocycles. The van der Waals surface area contributed by atoms with E-state index < -0.39 is 11.8 Å². The Bertz CT molecular complexity index is 1460. The zero-order chi connectivity index (χ0) is 17.6. The summed E-state index contributed by atoms with van der Waals surface area (Å²) in [5.74, 6) is -0.806. The molecule has 6 nitrogen and oxygen atoms in total. The lowest BCUT2D eigenvalue weighted by Crippen LogP contribution is -2.20. The number of phenols is 1. The van der Waals surface area contributed by atoms with Crippen LogP contribution in [-0.4, -0.2) is 21.9 Å². The van der Waals surface area contributed by atoms with E-state index in [0.717, 1.165) is 10.9 Å². The Hall–Kier alpha value is -3.80. The van der Waals surface area contributed by atoms with Gasteiger partial charge in [0.15, 0.2) is 5.58 Å². The number of hydrogen-bond donors (Lipinski definition) is 3. The van der Waals surface area contributed by atoms with Crippen molar-refractivity contribution >= 4 is 55.6 Å². The van der Waals surface area contributed by atoms with Crippen molar-refractivity contribution in [2.24, 2.45) is 0 Å². The number of para-hydroxylation sites is 1. The number of imide groups is 1. The van der Waals surface area contributed by atoms with E-state index in [-0.39, 0.29) is 5.75 Å². The molecule has 2 aromatic heterocycles. The van der Waals surface area contributed by atoms with E-state index in [4.69, 9.17) is 4.42 Å². The number of aromatic amines is 1. The summed E-state index contributed by atoms with van der Waals surface area (Å²) in [6, 6.07) is 12.3. The van der Waals surface area contributed by atoms with Crippen molar-refractivity contribution in [1.82, 2.24) is 10.3 Å². The molecule has 2 amide bonds. The smallest absolute Gasteiger partial charge is 0.259 e. The summed E-state index contributed by atoms with van der Waals surface area (Å²) in [6.45, 7) is 0. The summed E-state index contributed by atoms with van der Waals surface area (Å²) in [7, 11) is 0. The Labute approximate surface area is 145 Å². The Morgan fingerprint density at radius 1 is 0.885 bits per heavy atom. The first-order valence-electron chi connectivity index (χ1n) is 8.11. The number of carbonyl (C=O) groups excluding carboxylic acids is 2. The van der Waals surface area contributed by atoms with Crippen LogP contribution in [0.4, 0.5) is 0 Å². The van der Waals surface area contributed by atoms with Crippen LogP contribution >= 0.6 is 0 Å². The fourth-order valence-corrected chi connectivity index (χ4v) is 4.01. The number of hydrogen-bond acceptors (Lipinski definition) is 4. The molecular formula is C20H10N2O4. The maximum absolute atomic E-state index is 12.6. The van der Waals surface area contributed by atoms with Crippen LogP contribution in [-0.2, 0) is 0 Å². The Kier molecular flexibility index (Phi) is 2.20. The van der Waals surface area contributed by atoms with Gasteiger partial charge in [-0.15, -0.1) is 0 Å². The topological polar surface area (TPSA) is 95.3 Å². The highest BCUT2D eigenvalue weighted by Crippen LogP contribution is 2.43. The minimum Gasteiger partial charge on any atom is -0.508 e. The lowest BCUT2D eigenvalue weighted by molar-refractivity contribution is 0.0880. The molecule has 0 saturated heterocycles. The van der Waals surface area contributed by atoms with Crippen molar-refractivity contribution in [3.8, 4) is 5.75 Å². The molecule has 6 rings (SSSR count). The van der Waals surface area contributed by atoms with Crippen molar-refractivity contribution < 1.29 is 19.1 Å². The second kappa shape index (κ2) is 4.23. The van der Waals surface area contributed by atoms with Crippen molar-refractivity contribution in [2.75, 3.05) is 0 Å². The van der Waals surface area contributed by atoms with Gasteiger partial charge in [0.1, 0.15) is 11.3 Å². The largest absolute Gasteiger partial charge is 0.508 e. The predicted octanol–water partition coefficient (Wildman–Crippen LogP) is 3.81. The Morgan fingerprint density at radius 2 is 1.65 bits per heavy atom. The van der Waals surface area contributed by atoms with Gasteiger partial charge in [-0.3, -0.25) is 14.9 Å². The molecule has 1 aliphatic rings. The van der Waals surface area contributed by atoms with Gasteiger partial charge < -0.3 is 14.5 Å². The van der Waals surface area contributed by atoms with Crippen molar-refractivity contribution in [2.45, 2.75) is 0 Å². The van der Waals surface area contributed by atoms with Gasteiger partial charge >= 0.3 is 0 Å². The van der Waals surface area contributed by atoms with Gasteiger partial charge in [-0.1, -0.05) is 18.2 Å². The van der Waals surface area contributed by atoms with Crippen molar-refractivity contribution in [3.63, 3.8) is 0 Å². The average molecular weight is 342 g/mol. The van der Waals surface area contributed by atoms with Crippen LogP contribution in [0.25, 0.3) is 43.7 Å². The minimum absolute atomic E-state index is 0.0652. The van der Waals surface area contributed by atoms with Crippen LogP contribution in [0.3, 0.4) is 0 Å². The van der Waals surface area contributed by atoms with Gasteiger partial charge in [0.05, 0.1) is 16.6 Å². The SMILES string of the molecule is O=C1NC(=O)c2c1c1c3ccccc3[nH]c1c1oc3ccc(O)cc3c21. The zero-order valence-corrected chi connectivity index (χ0v) is 13.2. The van der Waals surface area contributed by atoms with Crippen LogP contribution in [0, 0.1) is 0 Å². The number of carbonyl (C=O) groups is 2. The van der Waals surface area contributed by atoms with Crippen LogP contribution in [0.15, 0.2) is 46.9 Å². The van der Waals surface area contributed by atoms with Gasteiger partial charge in [0, 0.05) is 27.1 Å². The third kappa shape index (κ3) is 1.43. The molecule has 0 bridgehead atoms. The van der Waals surface area contributed by atoms with Crippen molar-refractivity contribution in [1.29, 1.82) is 0 Å². The van der Waals surface area contributed by atoms with E-state index in [2.05, 4.69) is 10.3 Å². The molecule has 26 heavy (non-hydrogen) atoms. The number of aromatic hydroxyl groups is 1. The first-order valence-corrected chi connectivity index (χ1v) is 8.11. The molecule has 3 N–H and O–H groups in total. The normalized spacial score (nSPS) is 14.0. The zero-order valence-electron chi connectivity index (χ0n) is 13.2. The van der Waals surface area contributed by atoms with E-state index in [9.17, 15) is 14.7 Å². The lowest BCUT2D eigenvalue weighted by atomic mass is 9.97. The highest BCUT2D eigenvalue weighted by Gasteiger charge is 2.35. The molecule has 5 aromatic rings. The monoisotopic (exact) mass is 342 g/mol. The number of aromatic nitrogens is 1. The molecule has 0 radical (unpaired) electrons. The second-order valence-corrected chi connectivity index (χ2v) is 6.44. The third-order valence-electron chi connectivity index (χ3n) is 5.04.